The molecular weight excluding hydrogens is 140 g/mol. The van der Waals surface area contributed by atoms with Crippen molar-refractivity contribution in [2.24, 2.45) is 0 Å². The maximum absolute atomic E-state index is 10.7. The van der Waals surface area contributed by atoms with E-state index in [2.05, 4.69) is 0 Å². The maximum Gasteiger partial charge on any atom is 0.158 e. The molecule has 0 saturated carbocycles. The molecule has 0 N–H and O–H groups in total. The van der Waals surface area contributed by atoms with Crippen LogP contribution < -0.4 is 0 Å². The van der Waals surface area contributed by atoms with E-state index in [1.54, 1.807) is 0 Å². The predicted molar refractivity (Wildman–Crippen MR) is 45.5 cm³/mol. The van der Waals surface area contributed by atoms with E-state index in [1.807, 2.05) is 26.8 Å². The van der Waals surface area contributed by atoms with Gasteiger partial charge in [-0.15, -0.1) is 0 Å². The fourth-order valence-corrected chi connectivity index (χ4v) is 0.500. The van der Waals surface area contributed by atoms with Gasteiger partial charge in [0.15, 0.2) is 5.78 Å². The summed E-state index contributed by atoms with van der Waals surface area (Å²) in [6.07, 6.45) is 2.53. The lowest BCUT2D eigenvalue weighted by atomic mass is 10.3. The smallest absolute Gasteiger partial charge is 0.158 e. The fourth-order valence-electron chi connectivity index (χ4n) is 0.500. The molecule has 11 heavy (non-hydrogen) atoms. The van der Waals surface area contributed by atoms with Crippen molar-refractivity contribution in [3.63, 3.8) is 0 Å². The van der Waals surface area contributed by atoms with E-state index in [0.717, 1.165) is 0 Å². The van der Waals surface area contributed by atoms with E-state index in [9.17, 15) is 4.79 Å². The molecule has 0 aliphatic carbocycles. The summed E-state index contributed by atoms with van der Waals surface area (Å²) in [5.41, 5.74) is 1.22. The van der Waals surface area contributed by atoms with Crippen LogP contribution in [0, 0.1) is 0 Å². The number of hydrogen-bond donors (Lipinski definition) is 0. The Hall–Kier alpha value is -0.630. The second-order valence-corrected chi connectivity index (χ2v) is 2.69. The van der Waals surface area contributed by atoms with Crippen LogP contribution in [0.4, 0.5) is 0 Å². The molecule has 0 atom stereocenters. The predicted octanol–water partition coefficient (Wildman–Crippen LogP) is 1.95. The van der Waals surface area contributed by atoms with Crippen molar-refractivity contribution in [2.75, 3.05) is 13.2 Å². The molecule has 2 heteroatoms. The van der Waals surface area contributed by atoms with Crippen LogP contribution >= 0.6 is 0 Å². The van der Waals surface area contributed by atoms with E-state index in [-0.39, 0.29) is 12.4 Å². The van der Waals surface area contributed by atoms with Crippen molar-refractivity contribution in [1.29, 1.82) is 0 Å². The molecule has 0 aromatic rings. The number of rotatable bonds is 5. The van der Waals surface area contributed by atoms with Crippen LogP contribution in [0.5, 0.6) is 0 Å². The Morgan fingerprint density at radius 1 is 1.45 bits per heavy atom. The zero-order valence-electron chi connectivity index (χ0n) is 7.52. The molecule has 0 fully saturated rings. The summed E-state index contributed by atoms with van der Waals surface area (Å²) >= 11 is 0. The molecule has 0 aromatic heterocycles. The first-order chi connectivity index (χ1) is 5.16. The molecule has 0 rings (SSSR count). The summed E-state index contributed by atoms with van der Waals surface area (Å²) < 4.78 is 5.07. The van der Waals surface area contributed by atoms with Crippen LogP contribution in [0.1, 0.15) is 27.2 Å². The molecule has 0 unspecified atom stereocenters. The molecule has 0 amide bonds. The summed E-state index contributed by atoms with van der Waals surface area (Å²) in [4.78, 5) is 10.7. The lowest BCUT2D eigenvalue weighted by molar-refractivity contribution is -0.122. The van der Waals surface area contributed by atoms with Gasteiger partial charge in [0.25, 0.3) is 0 Å². The Labute approximate surface area is 68.2 Å². The lowest BCUT2D eigenvalue weighted by Gasteiger charge is -1.97. The molecule has 64 valence electrons. The van der Waals surface area contributed by atoms with E-state index in [1.165, 1.54) is 5.57 Å². The zero-order chi connectivity index (χ0) is 8.69. The van der Waals surface area contributed by atoms with Crippen LogP contribution in [-0.2, 0) is 9.53 Å². The molecule has 0 saturated heterocycles. The first-order valence-electron chi connectivity index (χ1n) is 3.89. The summed E-state index contributed by atoms with van der Waals surface area (Å²) in [6, 6.07) is 0. The first kappa shape index (κ1) is 10.4. The quantitative estimate of drug-likeness (QED) is 0.449. The van der Waals surface area contributed by atoms with Crippen LogP contribution in [0.3, 0.4) is 0 Å². The second kappa shape index (κ2) is 6.10. The van der Waals surface area contributed by atoms with E-state index in [0.29, 0.717) is 13.0 Å². The van der Waals surface area contributed by atoms with Crippen molar-refractivity contribution >= 4 is 5.78 Å². The number of hydrogen-bond acceptors (Lipinski definition) is 2. The highest BCUT2D eigenvalue weighted by atomic mass is 16.5. The molecular formula is C9H16O2. The van der Waals surface area contributed by atoms with Gasteiger partial charge in [0.1, 0.15) is 6.61 Å². The lowest BCUT2D eigenvalue weighted by Crippen LogP contribution is -2.06. The molecule has 0 radical (unpaired) electrons. The average molecular weight is 156 g/mol. The normalized spacial score (nSPS) is 9.36. The van der Waals surface area contributed by atoms with E-state index in [4.69, 9.17) is 4.74 Å². The maximum atomic E-state index is 10.7. The van der Waals surface area contributed by atoms with Crippen molar-refractivity contribution in [3.05, 3.63) is 11.6 Å². The van der Waals surface area contributed by atoms with Gasteiger partial charge in [0, 0.05) is 6.42 Å². The van der Waals surface area contributed by atoms with Gasteiger partial charge in [-0.25, -0.2) is 0 Å². The van der Waals surface area contributed by atoms with E-state index < -0.39 is 0 Å². The third-order valence-electron chi connectivity index (χ3n) is 1.27. The average Bonchev–Trinajstić information content (AvgIpc) is 1.97. The van der Waals surface area contributed by atoms with Gasteiger partial charge < -0.3 is 4.74 Å². The number of allylic oxidation sites excluding steroid dienone is 1. The fraction of sp³-hybridized carbons (Fsp3) is 0.667. The molecule has 0 aliphatic rings. The Balaban J connectivity index is 3.28. The molecule has 0 spiro atoms. The number of ether oxygens (including phenoxy) is 1. The van der Waals surface area contributed by atoms with Gasteiger partial charge in [-0.1, -0.05) is 18.6 Å². The van der Waals surface area contributed by atoms with Gasteiger partial charge in [0.2, 0.25) is 0 Å². The molecule has 0 aromatic carbocycles. The number of carbonyl (C=O) groups excluding carboxylic acids is 1. The highest BCUT2D eigenvalue weighted by molar-refractivity contribution is 5.79. The van der Waals surface area contributed by atoms with Gasteiger partial charge in [0.05, 0.1) is 6.61 Å². The summed E-state index contributed by atoms with van der Waals surface area (Å²) in [6.45, 7) is 6.65. The van der Waals surface area contributed by atoms with Crippen LogP contribution in [0.2, 0.25) is 0 Å². The van der Waals surface area contributed by atoms with Gasteiger partial charge in [-0.2, -0.15) is 0 Å². The van der Waals surface area contributed by atoms with Crippen LogP contribution in [0.25, 0.3) is 0 Å². The van der Waals surface area contributed by atoms with Crippen molar-refractivity contribution < 1.29 is 9.53 Å². The van der Waals surface area contributed by atoms with Crippen molar-refractivity contribution in [1.82, 2.24) is 0 Å². The van der Waals surface area contributed by atoms with Gasteiger partial charge >= 0.3 is 0 Å². The van der Waals surface area contributed by atoms with Crippen LogP contribution in [0.15, 0.2) is 11.6 Å². The molecule has 2 nitrogen and oxygen atoms in total. The minimum absolute atomic E-state index is 0.159. The Morgan fingerprint density at radius 3 is 2.55 bits per heavy atom. The van der Waals surface area contributed by atoms with E-state index >= 15 is 0 Å². The standard InChI is InChI=1S/C9H16O2/c1-4-9(10)7-11-6-5-8(2)3/h5H,4,6-7H2,1-3H3. The third kappa shape index (κ3) is 7.26. The zero-order valence-corrected chi connectivity index (χ0v) is 7.52. The number of Topliss-reactive ketones (excluding diaryl/α,β-unsaturated/α-hetero) is 1. The van der Waals surface area contributed by atoms with Gasteiger partial charge in [-0.05, 0) is 13.8 Å². The minimum atomic E-state index is 0.159. The monoisotopic (exact) mass is 156 g/mol. The third-order valence-corrected chi connectivity index (χ3v) is 1.27. The number of ketones is 1. The molecule has 0 bridgehead atoms. The first-order valence-corrected chi connectivity index (χ1v) is 3.89. The second-order valence-electron chi connectivity index (χ2n) is 2.69. The van der Waals surface area contributed by atoms with Crippen LogP contribution in [-0.4, -0.2) is 19.0 Å². The Kier molecular flexibility index (Phi) is 5.75. The molecule has 0 heterocycles. The Morgan fingerprint density at radius 2 is 2.09 bits per heavy atom. The molecule has 0 aliphatic heterocycles. The SMILES string of the molecule is CCC(=O)COCC=C(C)C. The highest BCUT2D eigenvalue weighted by Gasteiger charge is 1.95. The van der Waals surface area contributed by atoms with Gasteiger partial charge in [-0.3, -0.25) is 4.79 Å². The summed E-state index contributed by atoms with van der Waals surface area (Å²) in [5, 5.41) is 0. The topological polar surface area (TPSA) is 26.3 Å². The minimum Gasteiger partial charge on any atom is -0.370 e. The van der Waals surface area contributed by atoms with Crippen molar-refractivity contribution in [3.8, 4) is 0 Å². The highest BCUT2D eigenvalue weighted by Crippen LogP contribution is 1.89. The Bertz CT molecular complexity index is 144. The summed E-state index contributed by atoms with van der Waals surface area (Å²) in [7, 11) is 0. The number of carbonyl (C=O) groups is 1. The summed E-state index contributed by atoms with van der Waals surface area (Å²) in [5.74, 6) is 0.159. The largest absolute Gasteiger partial charge is 0.370 e. The van der Waals surface area contributed by atoms with Crippen molar-refractivity contribution in [2.45, 2.75) is 27.2 Å².